The lowest BCUT2D eigenvalue weighted by atomic mass is 9.72. The zero-order valence-electron chi connectivity index (χ0n) is 22.0. The second kappa shape index (κ2) is 8.21. The fraction of sp³-hybridized carbons (Fsp3) is 0.548. The number of carbonyl (C=O) groups excluding carboxylic acids is 2. The van der Waals surface area contributed by atoms with Crippen LogP contribution in [0, 0.1) is 11.8 Å². The quantitative estimate of drug-likeness (QED) is 0.368. The third-order valence-electron chi connectivity index (χ3n) is 9.05. The molecule has 0 heterocycles. The van der Waals surface area contributed by atoms with E-state index in [4.69, 9.17) is 9.47 Å². The molecular weight excluding hydrogens is 436 g/mol. The van der Waals surface area contributed by atoms with Gasteiger partial charge in [-0.1, -0.05) is 39.8 Å². The highest BCUT2D eigenvalue weighted by Gasteiger charge is 2.56. The lowest BCUT2D eigenvalue weighted by molar-refractivity contribution is -0.141. The van der Waals surface area contributed by atoms with Gasteiger partial charge in [-0.15, -0.1) is 0 Å². The predicted molar refractivity (Wildman–Crippen MR) is 137 cm³/mol. The molecule has 0 amide bonds. The summed E-state index contributed by atoms with van der Waals surface area (Å²) in [7, 11) is 1.72. The fourth-order valence-electron chi connectivity index (χ4n) is 7.43. The molecule has 0 N–H and O–H groups in total. The monoisotopic (exact) mass is 474 g/mol. The second-order valence-electron chi connectivity index (χ2n) is 12.4. The molecule has 0 bridgehead atoms. The van der Waals surface area contributed by atoms with Crippen molar-refractivity contribution < 1.29 is 19.1 Å². The van der Waals surface area contributed by atoms with Crippen LogP contribution in [0.25, 0.3) is 0 Å². The van der Waals surface area contributed by atoms with Crippen molar-refractivity contribution in [3.05, 3.63) is 58.7 Å². The van der Waals surface area contributed by atoms with E-state index in [2.05, 4.69) is 58.0 Å². The van der Waals surface area contributed by atoms with E-state index in [1.165, 1.54) is 22.3 Å². The van der Waals surface area contributed by atoms with Gasteiger partial charge in [0.2, 0.25) is 0 Å². The van der Waals surface area contributed by atoms with E-state index < -0.39 is 0 Å². The van der Waals surface area contributed by atoms with Crippen LogP contribution >= 0.6 is 0 Å². The molecule has 186 valence electrons. The highest BCUT2D eigenvalue weighted by molar-refractivity contribution is 5.79. The minimum absolute atomic E-state index is 0.0176. The summed E-state index contributed by atoms with van der Waals surface area (Å²) in [5.41, 5.74) is 5.28. The first-order valence-electron chi connectivity index (χ1n) is 13.0. The number of ether oxygens (including phenoxy) is 2. The number of rotatable bonds is 4. The van der Waals surface area contributed by atoms with Crippen LogP contribution < -0.4 is 9.47 Å². The van der Waals surface area contributed by atoms with E-state index in [9.17, 15) is 9.59 Å². The molecule has 1 unspecified atom stereocenters. The van der Waals surface area contributed by atoms with Crippen molar-refractivity contribution in [3.8, 4) is 11.5 Å². The van der Waals surface area contributed by atoms with E-state index in [1.807, 2.05) is 6.07 Å². The fourth-order valence-corrected chi connectivity index (χ4v) is 7.43. The van der Waals surface area contributed by atoms with Gasteiger partial charge in [0.15, 0.2) is 0 Å². The molecule has 3 aliphatic rings. The van der Waals surface area contributed by atoms with Gasteiger partial charge >= 0.3 is 5.97 Å². The van der Waals surface area contributed by atoms with Crippen molar-refractivity contribution in [1.82, 2.24) is 0 Å². The minimum atomic E-state index is -0.160. The number of ketones is 1. The standard InChI is InChI=1S/C31H38O4/c1-19(32)20-7-9-21(10-8-20)28(33)35-23-12-14-25-27(16-23)31(18-30(25,4)5)17-29(2,3)24-13-11-22(34-6)15-26(24)31/h11-16,20-21H,7-10,17-18H2,1-6H3. The normalized spacial score (nSPS) is 27.8. The summed E-state index contributed by atoms with van der Waals surface area (Å²) in [6, 6.07) is 12.8. The topological polar surface area (TPSA) is 52.6 Å². The third kappa shape index (κ3) is 3.90. The van der Waals surface area contributed by atoms with Gasteiger partial charge in [-0.3, -0.25) is 9.59 Å². The van der Waals surface area contributed by atoms with Crippen molar-refractivity contribution in [1.29, 1.82) is 0 Å². The van der Waals surface area contributed by atoms with Crippen molar-refractivity contribution in [3.63, 3.8) is 0 Å². The van der Waals surface area contributed by atoms with Crippen molar-refractivity contribution >= 4 is 11.8 Å². The van der Waals surface area contributed by atoms with Crippen molar-refractivity contribution in [2.45, 2.75) is 89.4 Å². The molecule has 4 heteroatoms. The Labute approximate surface area is 209 Å². The molecule has 0 radical (unpaired) electrons. The van der Waals surface area contributed by atoms with Gasteiger partial charge in [-0.05, 0) is 103 Å². The molecular formula is C31H38O4. The molecule has 1 atom stereocenters. The Morgan fingerprint density at radius 2 is 1.23 bits per heavy atom. The summed E-state index contributed by atoms with van der Waals surface area (Å²) >= 11 is 0. The molecule has 0 aliphatic heterocycles. The summed E-state index contributed by atoms with van der Waals surface area (Å²) in [4.78, 5) is 24.7. The number of benzene rings is 2. The number of hydrogen-bond donors (Lipinski definition) is 0. The van der Waals surface area contributed by atoms with Gasteiger partial charge in [0.1, 0.15) is 17.3 Å². The maximum Gasteiger partial charge on any atom is 0.314 e. The molecule has 35 heavy (non-hydrogen) atoms. The van der Waals surface area contributed by atoms with Gasteiger partial charge in [-0.25, -0.2) is 0 Å². The smallest absolute Gasteiger partial charge is 0.314 e. The Morgan fingerprint density at radius 3 is 1.74 bits per heavy atom. The largest absolute Gasteiger partial charge is 0.497 e. The van der Waals surface area contributed by atoms with Crippen LogP contribution in [0.1, 0.15) is 95.4 Å². The second-order valence-corrected chi connectivity index (χ2v) is 12.4. The summed E-state index contributed by atoms with van der Waals surface area (Å²) < 4.78 is 11.6. The Bertz CT molecular complexity index is 1180. The first-order valence-corrected chi connectivity index (χ1v) is 13.0. The molecule has 5 rings (SSSR count). The Morgan fingerprint density at radius 1 is 0.743 bits per heavy atom. The number of carbonyl (C=O) groups is 2. The maximum absolute atomic E-state index is 13.0. The first kappa shape index (κ1) is 24.1. The molecule has 2 aromatic rings. The zero-order valence-corrected chi connectivity index (χ0v) is 22.0. The van der Waals surface area contributed by atoms with E-state index in [0.29, 0.717) is 5.75 Å². The van der Waals surface area contributed by atoms with Gasteiger partial charge in [-0.2, -0.15) is 0 Å². The van der Waals surface area contributed by atoms with Gasteiger partial charge in [0.05, 0.1) is 13.0 Å². The minimum Gasteiger partial charge on any atom is -0.497 e. The lowest BCUT2D eigenvalue weighted by Gasteiger charge is -2.31. The van der Waals surface area contributed by atoms with Crippen LogP contribution in [-0.4, -0.2) is 18.9 Å². The van der Waals surface area contributed by atoms with Crippen LogP contribution in [0.5, 0.6) is 11.5 Å². The van der Waals surface area contributed by atoms with Crippen LogP contribution in [-0.2, 0) is 25.8 Å². The molecule has 3 aliphatic carbocycles. The summed E-state index contributed by atoms with van der Waals surface area (Å²) in [6.07, 6.45) is 5.06. The molecule has 0 aromatic heterocycles. The summed E-state index contributed by atoms with van der Waals surface area (Å²) in [6.45, 7) is 11.0. The maximum atomic E-state index is 13.0. The average Bonchev–Trinajstić information content (AvgIpc) is 3.18. The van der Waals surface area contributed by atoms with Crippen LogP contribution in [0.2, 0.25) is 0 Å². The number of hydrogen-bond acceptors (Lipinski definition) is 4. The van der Waals surface area contributed by atoms with Crippen LogP contribution in [0.4, 0.5) is 0 Å². The van der Waals surface area contributed by atoms with Gasteiger partial charge in [0, 0.05) is 11.3 Å². The lowest BCUT2D eigenvalue weighted by Crippen LogP contribution is -2.28. The highest BCUT2D eigenvalue weighted by Crippen LogP contribution is 2.63. The molecule has 1 fully saturated rings. The highest BCUT2D eigenvalue weighted by atomic mass is 16.5. The van der Waals surface area contributed by atoms with Crippen molar-refractivity contribution in [2.24, 2.45) is 11.8 Å². The molecule has 0 saturated heterocycles. The van der Waals surface area contributed by atoms with Gasteiger partial charge < -0.3 is 9.47 Å². The van der Waals surface area contributed by atoms with E-state index in [-0.39, 0.29) is 39.8 Å². The third-order valence-corrected chi connectivity index (χ3v) is 9.05. The van der Waals surface area contributed by atoms with E-state index in [0.717, 1.165) is 44.3 Å². The molecule has 2 aromatic carbocycles. The first-order chi connectivity index (χ1) is 16.5. The molecule has 1 saturated carbocycles. The Balaban J connectivity index is 1.49. The van der Waals surface area contributed by atoms with Crippen molar-refractivity contribution in [2.75, 3.05) is 7.11 Å². The van der Waals surface area contributed by atoms with E-state index in [1.54, 1.807) is 14.0 Å². The Kier molecular flexibility index (Phi) is 5.65. The Hall–Kier alpha value is -2.62. The number of methoxy groups -OCH3 is 1. The average molecular weight is 475 g/mol. The number of Topliss-reactive ketones (excluding diaryl/α,β-unsaturated/α-hetero) is 1. The predicted octanol–water partition coefficient (Wildman–Crippen LogP) is 6.64. The zero-order chi connectivity index (χ0) is 25.2. The SMILES string of the molecule is COc1ccc2c(c1)C1(CC2(C)C)CC(C)(C)c2ccc(OC(=O)C3CCC(C(C)=O)CC3)cc21. The van der Waals surface area contributed by atoms with E-state index >= 15 is 0 Å². The molecule has 4 nitrogen and oxygen atoms in total. The van der Waals surface area contributed by atoms with Crippen LogP contribution in [0.3, 0.4) is 0 Å². The number of fused-ring (bicyclic) bond motifs is 4. The molecule has 1 spiro atoms. The van der Waals surface area contributed by atoms with Crippen LogP contribution in [0.15, 0.2) is 36.4 Å². The van der Waals surface area contributed by atoms with Gasteiger partial charge in [0.25, 0.3) is 0 Å². The number of esters is 1. The summed E-state index contributed by atoms with van der Waals surface area (Å²) in [5, 5.41) is 0. The summed E-state index contributed by atoms with van der Waals surface area (Å²) in [5.74, 6) is 1.57.